The molecule has 3 unspecified atom stereocenters. The van der Waals surface area contributed by atoms with E-state index in [0.717, 1.165) is 42.5 Å². The second kappa shape index (κ2) is 6.82. The van der Waals surface area contributed by atoms with E-state index in [2.05, 4.69) is 6.07 Å². The molecule has 28 heavy (non-hydrogen) atoms. The van der Waals surface area contributed by atoms with Crippen LogP contribution in [-0.4, -0.2) is 30.3 Å². The molecule has 5 rings (SSSR count). The molecule has 2 fully saturated rings. The number of amides is 1. The molecule has 5 nitrogen and oxygen atoms in total. The van der Waals surface area contributed by atoms with Crippen molar-refractivity contribution in [2.45, 2.75) is 50.4 Å². The van der Waals surface area contributed by atoms with Gasteiger partial charge in [0.15, 0.2) is 11.5 Å². The zero-order valence-electron chi connectivity index (χ0n) is 16.0. The van der Waals surface area contributed by atoms with E-state index in [0.29, 0.717) is 23.8 Å². The van der Waals surface area contributed by atoms with Crippen molar-refractivity contribution in [3.05, 3.63) is 53.6 Å². The molecule has 1 N–H and O–H groups in total. The molecule has 2 aromatic carbocycles. The number of fused-ring (bicyclic) bond motifs is 1. The Balaban J connectivity index is 1.50. The standard InChI is InChI=1S/C23H25NO4/c1-27-20-11-8-15(12-21(20)28-17-10-9-16(25)13-17)24-22(14-6-7-14)18-4-2-3-5-19(18)23(24)26/h2-5,8,11-12,14,16-17,22,25H,6-7,9-10,13H2,1H3. The smallest absolute Gasteiger partial charge is 0.259 e. The summed E-state index contributed by atoms with van der Waals surface area (Å²) in [7, 11) is 1.62. The van der Waals surface area contributed by atoms with Crippen molar-refractivity contribution in [1.29, 1.82) is 0 Å². The maximum Gasteiger partial charge on any atom is 0.259 e. The van der Waals surface area contributed by atoms with Crippen LogP contribution < -0.4 is 14.4 Å². The normalized spacial score (nSPS) is 26.4. The Morgan fingerprint density at radius 1 is 1.04 bits per heavy atom. The Bertz CT molecular complexity index is 907. The number of carbonyl (C=O) groups is 1. The maximum atomic E-state index is 13.2. The topological polar surface area (TPSA) is 59.0 Å². The van der Waals surface area contributed by atoms with Gasteiger partial charge in [0.05, 0.1) is 19.3 Å². The van der Waals surface area contributed by atoms with Crippen LogP contribution in [0.15, 0.2) is 42.5 Å². The van der Waals surface area contributed by atoms with Gasteiger partial charge in [0.2, 0.25) is 0 Å². The number of nitrogens with zero attached hydrogens (tertiary/aromatic N) is 1. The van der Waals surface area contributed by atoms with Crippen LogP contribution in [0, 0.1) is 5.92 Å². The van der Waals surface area contributed by atoms with Crippen molar-refractivity contribution < 1.29 is 19.4 Å². The number of hydrogen-bond acceptors (Lipinski definition) is 4. The highest BCUT2D eigenvalue weighted by Crippen LogP contribution is 2.51. The summed E-state index contributed by atoms with van der Waals surface area (Å²) in [6, 6.07) is 13.8. The number of aliphatic hydroxyl groups is 1. The highest BCUT2D eigenvalue weighted by Gasteiger charge is 2.45. The van der Waals surface area contributed by atoms with Gasteiger partial charge in [-0.15, -0.1) is 0 Å². The first kappa shape index (κ1) is 17.6. The van der Waals surface area contributed by atoms with Crippen LogP contribution in [0.4, 0.5) is 5.69 Å². The highest BCUT2D eigenvalue weighted by molar-refractivity contribution is 6.11. The number of benzene rings is 2. The molecule has 2 aromatic rings. The van der Waals surface area contributed by atoms with Crippen molar-refractivity contribution in [2.24, 2.45) is 5.92 Å². The zero-order valence-corrected chi connectivity index (χ0v) is 16.0. The van der Waals surface area contributed by atoms with Crippen LogP contribution >= 0.6 is 0 Å². The summed E-state index contributed by atoms with van der Waals surface area (Å²) < 4.78 is 11.7. The fourth-order valence-electron chi connectivity index (χ4n) is 4.61. The minimum atomic E-state index is -0.298. The molecule has 5 heteroatoms. The number of ether oxygens (including phenoxy) is 2. The molecule has 3 atom stereocenters. The van der Waals surface area contributed by atoms with Gasteiger partial charge in [0, 0.05) is 23.7 Å². The van der Waals surface area contributed by atoms with Crippen LogP contribution in [0.3, 0.4) is 0 Å². The molecule has 1 heterocycles. The highest BCUT2D eigenvalue weighted by atomic mass is 16.5. The Morgan fingerprint density at radius 2 is 1.86 bits per heavy atom. The first-order valence-corrected chi connectivity index (χ1v) is 10.1. The van der Waals surface area contributed by atoms with Gasteiger partial charge in [-0.25, -0.2) is 0 Å². The van der Waals surface area contributed by atoms with Gasteiger partial charge in [-0.2, -0.15) is 0 Å². The Kier molecular flexibility index (Phi) is 4.27. The monoisotopic (exact) mass is 379 g/mol. The zero-order chi connectivity index (χ0) is 19.3. The van der Waals surface area contributed by atoms with Gasteiger partial charge in [-0.1, -0.05) is 18.2 Å². The number of aliphatic hydroxyl groups excluding tert-OH is 1. The fourth-order valence-corrected chi connectivity index (χ4v) is 4.61. The van der Waals surface area contributed by atoms with Crippen molar-refractivity contribution in [3.63, 3.8) is 0 Å². The molecule has 1 amide bonds. The largest absolute Gasteiger partial charge is 0.493 e. The van der Waals surface area contributed by atoms with Gasteiger partial charge in [-0.05, 0) is 55.4 Å². The molecule has 0 spiro atoms. The van der Waals surface area contributed by atoms with Crippen LogP contribution in [0.25, 0.3) is 0 Å². The van der Waals surface area contributed by atoms with E-state index in [1.807, 2.05) is 41.3 Å². The molecule has 3 aliphatic rings. The Hall–Kier alpha value is -2.53. The summed E-state index contributed by atoms with van der Waals surface area (Å²) in [5.74, 6) is 1.86. The van der Waals surface area contributed by atoms with Crippen LogP contribution in [0.5, 0.6) is 11.5 Å². The molecule has 146 valence electrons. The quantitative estimate of drug-likeness (QED) is 0.850. The van der Waals surface area contributed by atoms with Crippen molar-refractivity contribution in [1.82, 2.24) is 0 Å². The van der Waals surface area contributed by atoms with Crippen LogP contribution in [0.2, 0.25) is 0 Å². The molecule has 0 radical (unpaired) electrons. The van der Waals surface area contributed by atoms with E-state index < -0.39 is 0 Å². The first-order chi connectivity index (χ1) is 13.7. The van der Waals surface area contributed by atoms with E-state index in [1.54, 1.807) is 7.11 Å². The number of methoxy groups -OCH3 is 1. The average molecular weight is 379 g/mol. The molecule has 2 aliphatic carbocycles. The second-order valence-electron chi connectivity index (χ2n) is 8.09. The number of hydrogen-bond donors (Lipinski definition) is 1. The second-order valence-corrected chi connectivity index (χ2v) is 8.09. The summed E-state index contributed by atoms with van der Waals surface area (Å²) in [5.41, 5.74) is 2.77. The first-order valence-electron chi connectivity index (χ1n) is 10.1. The van der Waals surface area contributed by atoms with Crippen LogP contribution in [-0.2, 0) is 0 Å². The minimum absolute atomic E-state index is 0.0233. The molecule has 1 aliphatic heterocycles. The lowest BCUT2D eigenvalue weighted by Crippen LogP contribution is -2.29. The summed E-state index contributed by atoms with van der Waals surface area (Å²) in [4.78, 5) is 15.1. The SMILES string of the molecule is COc1ccc(N2C(=O)c3ccccc3C2C2CC2)cc1OC1CCC(O)C1. The van der Waals surface area contributed by atoms with Crippen molar-refractivity contribution >= 4 is 11.6 Å². The van der Waals surface area contributed by atoms with Gasteiger partial charge < -0.3 is 19.5 Å². The maximum absolute atomic E-state index is 13.2. The Morgan fingerprint density at radius 3 is 2.57 bits per heavy atom. The summed E-state index contributed by atoms with van der Waals surface area (Å²) in [6.45, 7) is 0. The summed E-state index contributed by atoms with van der Waals surface area (Å²) in [6.07, 6.45) is 4.21. The van der Waals surface area contributed by atoms with E-state index in [4.69, 9.17) is 9.47 Å². The third-order valence-electron chi connectivity index (χ3n) is 6.15. The number of rotatable bonds is 5. The van der Waals surface area contributed by atoms with Gasteiger partial charge in [0.1, 0.15) is 6.10 Å². The van der Waals surface area contributed by atoms with Crippen molar-refractivity contribution in [3.8, 4) is 11.5 Å². The van der Waals surface area contributed by atoms with E-state index in [9.17, 15) is 9.90 Å². The third-order valence-corrected chi connectivity index (χ3v) is 6.15. The van der Waals surface area contributed by atoms with Gasteiger partial charge in [-0.3, -0.25) is 4.79 Å². The molecular weight excluding hydrogens is 354 g/mol. The molecule has 2 saturated carbocycles. The minimum Gasteiger partial charge on any atom is -0.493 e. The predicted molar refractivity (Wildman–Crippen MR) is 106 cm³/mol. The Labute approximate surface area is 164 Å². The predicted octanol–water partition coefficient (Wildman–Crippen LogP) is 4.10. The summed E-state index contributed by atoms with van der Waals surface area (Å²) >= 11 is 0. The number of anilines is 1. The third kappa shape index (κ3) is 2.94. The number of carbonyl (C=O) groups excluding carboxylic acids is 1. The van der Waals surface area contributed by atoms with Gasteiger partial charge in [0.25, 0.3) is 5.91 Å². The molecule has 0 saturated heterocycles. The lowest BCUT2D eigenvalue weighted by Gasteiger charge is -2.27. The molecule has 0 bridgehead atoms. The lowest BCUT2D eigenvalue weighted by atomic mass is 10.0. The van der Waals surface area contributed by atoms with Gasteiger partial charge >= 0.3 is 0 Å². The fraction of sp³-hybridized carbons (Fsp3) is 0.435. The summed E-state index contributed by atoms with van der Waals surface area (Å²) in [5, 5.41) is 9.80. The molecular formula is C23H25NO4. The van der Waals surface area contributed by atoms with E-state index in [-0.39, 0.29) is 24.2 Å². The van der Waals surface area contributed by atoms with E-state index >= 15 is 0 Å². The lowest BCUT2D eigenvalue weighted by molar-refractivity contribution is 0.0989. The molecule has 0 aromatic heterocycles. The van der Waals surface area contributed by atoms with Crippen molar-refractivity contribution in [2.75, 3.05) is 12.0 Å². The average Bonchev–Trinajstić information content (AvgIpc) is 3.40. The van der Waals surface area contributed by atoms with Crippen LogP contribution in [0.1, 0.15) is 54.1 Å². The van der Waals surface area contributed by atoms with E-state index in [1.165, 1.54) is 0 Å².